The molecule has 0 spiro atoms. The zero-order chi connectivity index (χ0) is 10.6. The van der Waals surface area contributed by atoms with Gasteiger partial charge in [-0.1, -0.05) is 11.3 Å². The standard InChI is InChI=1S/C10H9N3OS/c1-4-5-2-8-7(13-10(11)15-8)3-6(5)12-9(4)14/h2-4H,1H3,(H2,11,13)(H,12,14)/t4-/m0/s1. The lowest BCUT2D eigenvalue weighted by atomic mass is 10.0. The van der Waals surface area contributed by atoms with Crippen LogP contribution in [0, 0.1) is 0 Å². The van der Waals surface area contributed by atoms with E-state index in [9.17, 15) is 4.79 Å². The third-order valence-electron chi connectivity index (χ3n) is 2.69. The quantitative estimate of drug-likeness (QED) is 0.711. The van der Waals surface area contributed by atoms with Crippen molar-refractivity contribution in [3.05, 3.63) is 17.7 Å². The first-order valence-corrected chi connectivity index (χ1v) is 5.47. The van der Waals surface area contributed by atoms with Gasteiger partial charge in [-0.15, -0.1) is 0 Å². The summed E-state index contributed by atoms with van der Waals surface area (Å²) in [6.07, 6.45) is 0. The molecule has 4 nitrogen and oxygen atoms in total. The summed E-state index contributed by atoms with van der Waals surface area (Å²) in [5.74, 6) is -0.0247. The highest BCUT2D eigenvalue weighted by molar-refractivity contribution is 7.22. The van der Waals surface area contributed by atoms with Crippen molar-refractivity contribution in [2.75, 3.05) is 11.1 Å². The lowest BCUT2D eigenvalue weighted by molar-refractivity contribution is -0.116. The Balaban J connectivity index is 2.30. The number of nitrogens with one attached hydrogen (secondary N) is 1. The Hall–Kier alpha value is -1.62. The zero-order valence-electron chi connectivity index (χ0n) is 8.07. The van der Waals surface area contributed by atoms with E-state index in [-0.39, 0.29) is 11.8 Å². The topological polar surface area (TPSA) is 68.0 Å². The number of nitrogens with zero attached hydrogens (tertiary/aromatic N) is 1. The van der Waals surface area contributed by atoms with Crippen LogP contribution < -0.4 is 11.1 Å². The van der Waals surface area contributed by atoms with Gasteiger partial charge in [-0.25, -0.2) is 4.98 Å². The summed E-state index contributed by atoms with van der Waals surface area (Å²) >= 11 is 1.45. The van der Waals surface area contributed by atoms with Crippen LogP contribution in [-0.2, 0) is 4.79 Å². The van der Waals surface area contributed by atoms with Gasteiger partial charge in [0.15, 0.2) is 5.13 Å². The number of carbonyl (C=O) groups excluding carboxylic acids is 1. The second-order valence-corrected chi connectivity index (χ2v) is 4.73. The molecule has 1 amide bonds. The smallest absolute Gasteiger partial charge is 0.231 e. The van der Waals surface area contributed by atoms with E-state index >= 15 is 0 Å². The summed E-state index contributed by atoms with van der Waals surface area (Å²) in [4.78, 5) is 15.6. The summed E-state index contributed by atoms with van der Waals surface area (Å²) < 4.78 is 1.04. The molecular formula is C10H9N3OS. The van der Waals surface area contributed by atoms with Gasteiger partial charge in [0.1, 0.15) is 0 Å². The fourth-order valence-electron chi connectivity index (χ4n) is 1.86. The van der Waals surface area contributed by atoms with Gasteiger partial charge in [0, 0.05) is 5.69 Å². The number of nitrogen functional groups attached to an aromatic ring is 1. The normalized spacial score (nSPS) is 19.3. The molecule has 2 heterocycles. The number of nitrogens with two attached hydrogens (primary N) is 1. The highest BCUT2D eigenvalue weighted by Gasteiger charge is 2.27. The van der Waals surface area contributed by atoms with Crippen LogP contribution >= 0.6 is 11.3 Å². The largest absolute Gasteiger partial charge is 0.375 e. The maximum absolute atomic E-state index is 11.4. The number of rotatable bonds is 0. The molecule has 0 aliphatic carbocycles. The first kappa shape index (κ1) is 8.67. The molecule has 1 atom stereocenters. The molecule has 5 heteroatoms. The number of carbonyl (C=O) groups is 1. The van der Waals surface area contributed by atoms with Gasteiger partial charge in [-0.2, -0.15) is 0 Å². The summed E-state index contributed by atoms with van der Waals surface area (Å²) in [5.41, 5.74) is 8.39. The van der Waals surface area contributed by atoms with Gasteiger partial charge >= 0.3 is 0 Å². The van der Waals surface area contributed by atoms with Crippen molar-refractivity contribution in [1.29, 1.82) is 0 Å². The van der Waals surface area contributed by atoms with Crippen molar-refractivity contribution < 1.29 is 4.79 Å². The van der Waals surface area contributed by atoms with Crippen LogP contribution in [0.5, 0.6) is 0 Å². The Morgan fingerprint density at radius 2 is 2.33 bits per heavy atom. The third kappa shape index (κ3) is 1.13. The Labute approximate surface area is 90.1 Å². The lowest BCUT2D eigenvalue weighted by Gasteiger charge is -1.99. The third-order valence-corrected chi connectivity index (χ3v) is 3.54. The van der Waals surface area contributed by atoms with Crippen molar-refractivity contribution in [2.45, 2.75) is 12.8 Å². The highest BCUT2D eigenvalue weighted by atomic mass is 32.1. The van der Waals surface area contributed by atoms with E-state index in [0.29, 0.717) is 5.13 Å². The molecule has 15 heavy (non-hydrogen) atoms. The predicted octanol–water partition coefficient (Wildman–Crippen LogP) is 1.93. The van der Waals surface area contributed by atoms with Crippen molar-refractivity contribution in [3.8, 4) is 0 Å². The summed E-state index contributed by atoms with van der Waals surface area (Å²) in [6.45, 7) is 1.90. The van der Waals surface area contributed by atoms with Crippen molar-refractivity contribution >= 4 is 38.3 Å². The molecule has 2 aromatic rings. The van der Waals surface area contributed by atoms with Crippen LogP contribution in [0.2, 0.25) is 0 Å². The molecule has 0 fully saturated rings. The van der Waals surface area contributed by atoms with Crippen molar-refractivity contribution in [3.63, 3.8) is 0 Å². The van der Waals surface area contributed by atoms with Crippen LogP contribution in [0.25, 0.3) is 10.2 Å². The second-order valence-electron chi connectivity index (χ2n) is 3.67. The number of hydrogen-bond donors (Lipinski definition) is 2. The number of aromatic nitrogens is 1. The molecule has 0 bridgehead atoms. The van der Waals surface area contributed by atoms with E-state index in [0.717, 1.165) is 21.5 Å². The van der Waals surface area contributed by atoms with Gasteiger partial charge in [0.05, 0.1) is 16.1 Å². The molecule has 0 radical (unpaired) electrons. The van der Waals surface area contributed by atoms with E-state index in [4.69, 9.17) is 5.73 Å². The van der Waals surface area contributed by atoms with Gasteiger partial charge in [0.2, 0.25) is 5.91 Å². The van der Waals surface area contributed by atoms with Gasteiger partial charge < -0.3 is 11.1 Å². The number of anilines is 2. The Bertz CT molecular complexity index is 575. The number of benzene rings is 1. The Morgan fingerprint density at radius 1 is 1.53 bits per heavy atom. The van der Waals surface area contributed by atoms with E-state index in [1.807, 2.05) is 19.1 Å². The summed E-state index contributed by atoms with van der Waals surface area (Å²) in [5, 5.41) is 3.40. The fraction of sp³-hybridized carbons (Fsp3) is 0.200. The van der Waals surface area contributed by atoms with Crippen LogP contribution in [-0.4, -0.2) is 10.9 Å². The van der Waals surface area contributed by atoms with Crippen LogP contribution in [0.3, 0.4) is 0 Å². The molecule has 0 saturated carbocycles. The Morgan fingerprint density at radius 3 is 3.13 bits per heavy atom. The lowest BCUT2D eigenvalue weighted by Crippen LogP contribution is -2.08. The predicted molar refractivity (Wildman–Crippen MR) is 61.1 cm³/mol. The fourth-order valence-corrected chi connectivity index (χ4v) is 2.62. The molecule has 1 aromatic carbocycles. The molecule has 1 aliphatic rings. The molecule has 0 saturated heterocycles. The SMILES string of the molecule is C[C@@H]1C(=O)Nc2cc3nc(N)sc3cc21. The average Bonchev–Trinajstić information content (AvgIpc) is 2.65. The van der Waals surface area contributed by atoms with Gasteiger partial charge in [-0.3, -0.25) is 4.79 Å². The molecule has 0 unspecified atom stereocenters. The van der Waals surface area contributed by atoms with E-state index in [1.165, 1.54) is 11.3 Å². The maximum Gasteiger partial charge on any atom is 0.231 e. The van der Waals surface area contributed by atoms with Crippen LogP contribution in [0.1, 0.15) is 18.4 Å². The first-order chi connectivity index (χ1) is 7.15. The van der Waals surface area contributed by atoms with Crippen molar-refractivity contribution in [1.82, 2.24) is 4.98 Å². The molecule has 1 aromatic heterocycles. The number of thiazole rings is 1. The van der Waals surface area contributed by atoms with Gasteiger partial charge in [-0.05, 0) is 24.6 Å². The Kier molecular flexibility index (Phi) is 1.56. The number of hydrogen-bond acceptors (Lipinski definition) is 4. The van der Waals surface area contributed by atoms with E-state index in [1.54, 1.807) is 0 Å². The minimum atomic E-state index is -0.0762. The molecule has 3 rings (SSSR count). The average molecular weight is 219 g/mol. The van der Waals surface area contributed by atoms with E-state index in [2.05, 4.69) is 10.3 Å². The minimum absolute atomic E-state index is 0.0515. The van der Waals surface area contributed by atoms with E-state index < -0.39 is 0 Å². The molecule has 76 valence electrons. The molecule has 1 aliphatic heterocycles. The first-order valence-electron chi connectivity index (χ1n) is 4.66. The molecular weight excluding hydrogens is 210 g/mol. The number of fused-ring (bicyclic) bond motifs is 2. The zero-order valence-corrected chi connectivity index (χ0v) is 8.89. The second kappa shape index (κ2) is 2.70. The minimum Gasteiger partial charge on any atom is -0.375 e. The van der Waals surface area contributed by atoms with Crippen LogP contribution in [0.15, 0.2) is 12.1 Å². The number of amides is 1. The summed E-state index contributed by atoms with van der Waals surface area (Å²) in [6, 6.07) is 3.89. The van der Waals surface area contributed by atoms with Crippen LogP contribution in [0.4, 0.5) is 10.8 Å². The monoisotopic (exact) mass is 219 g/mol. The van der Waals surface area contributed by atoms with Crippen molar-refractivity contribution in [2.24, 2.45) is 0 Å². The highest BCUT2D eigenvalue weighted by Crippen LogP contribution is 2.37. The van der Waals surface area contributed by atoms with Gasteiger partial charge in [0.25, 0.3) is 0 Å². The molecule has 3 N–H and O–H groups in total. The maximum atomic E-state index is 11.4. The summed E-state index contributed by atoms with van der Waals surface area (Å²) in [7, 11) is 0.